The van der Waals surface area contributed by atoms with Crippen LogP contribution in [0.25, 0.3) is 26.0 Å². The molecule has 0 unspecified atom stereocenters. The maximum Gasteiger partial charge on any atom is 0.191 e. The van der Waals surface area contributed by atoms with Gasteiger partial charge < -0.3 is 4.79 Å². The van der Waals surface area contributed by atoms with E-state index in [1.54, 1.807) is 0 Å². The van der Waals surface area contributed by atoms with Crippen LogP contribution in [0, 0.1) is 12.5 Å². The molecule has 0 saturated heterocycles. The minimum atomic E-state index is 0.411. The Morgan fingerprint density at radius 3 is 2.61 bits per heavy atom. The van der Waals surface area contributed by atoms with Crippen LogP contribution in [-0.4, -0.2) is 16.5 Å². The summed E-state index contributed by atoms with van der Waals surface area (Å²) < 4.78 is 0. The molecule has 1 heterocycles. The molecular formula is C23H23N3OS. The van der Waals surface area contributed by atoms with E-state index in [0.29, 0.717) is 18.0 Å². The zero-order chi connectivity index (χ0) is 20.1. The summed E-state index contributed by atoms with van der Waals surface area (Å²) in [6.45, 7) is 13.9. The second-order valence-corrected chi connectivity index (χ2v) is 8.11. The Balaban J connectivity index is 1.99. The summed E-state index contributed by atoms with van der Waals surface area (Å²) in [7, 11) is 0. The van der Waals surface area contributed by atoms with E-state index < -0.39 is 0 Å². The van der Waals surface area contributed by atoms with Crippen molar-refractivity contribution in [1.29, 1.82) is 0 Å². The molecule has 0 fully saturated rings. The predicted molar refractivity (Wildman–Crippen MR) is 115 cm³/mol. The second kappa shape index (κ2) is 8.90. The largest absolute Gasteiger partial charge is 0.303 e. The fourth-order valence-electron chi connectivity index (χ4n) is 3.40. The molecule has 28 heavy (non-hydrogen) atoms. The fraction of sp³-hybridized carbons (Fsp3) is 0.304. The van der Waals surface area contributed by atoms with Gasteiger partial charge in [0.25, 0.3) is 0 Å². The summed E-state index contributed by atoms with van der Waals surface area (Å²) in [5.41, 5.74) is 5.90. The van der Waals surface area contributed by atoms with E-state index >= 15 is 0 Å². The van der Waals surface area contributed by atoms with Crippen LogP contribution in [0.2, 0.25) is 0 Å². The first kappa shape index (κ1) is 19.9. The van der Waals surface area contributed by atoms with Crippen molar-refractivity contribution in [3.63, 3.8) is 0 Å². The molecule has 3 aromatic rings. The smallest absolute Gasteiger partial charge is 0.191 e. The van der Waals surface area contributed by atoms with Gasteiger partial charge in [-0.25, -0.2) is 4.85 Å². The molecule has 0 N–H and O–H groups in total. The number of carbonyl (C=O) groups is 1. The van der Waals surface area contributed by atoms with Gasteiger partial charge in [-0.1, -0.05) is 62.4 Å². The molecule has 0 spiro atoms. The Kier molecular flexibility index (Phi) is 6.33. The van der Waals surface area contributed by atoms with Crippen LogP contribution >= 0.6 is 11.3 Å². The number of carbonyl (C=O) groups excluding carboxylic acids is 1. The Hall–Kier alpha value is -2.84. The van der Waals surface area contributed by atoms with Crippen LogP contribution in [0.15, 0.2) is 36.4 Å². The third-order valence-corrected chi connectivity index (χ3v) is 5.67. The van der Waals surface area contributed by atoms with Crippen LogP contribution in [-0.2, 0) is 24.1 Å². The Morgan fingerprint density at radius 1 is 1.14 bits per heavy atom. The molecule has 0 saturated carbocycles. The van der Waals surface area contributed by atoms with Crippen molar-refractivity contribution < 1.29 is 4.79 Å². The lowest BCUT2D eigenvalue weighted by Gasteiger charge is -2.09. The third-order valence-electron chi connectivity index (χ3n) is 4.67. The van der Waals surface area contributed by atoms with E-state index in [1.165, 1.54) is 11.3 Å². The number of nitrogens with zero attached hydrogens (tertiary/aromatic N) is 3. The van der Waals surface area contributed by atoms with Gasteiger partial charge in [0.15, 0.2) is 5.69 Å². The van der Waals surface area contributed by atoms with E-state index in [4.69, 9.17) is 6.57 Å². The van der Waals surface area contributed by atoms with Gasteiger partial charge in [0.2, 0.25) is 0 Å². The molecule has 0 aliphatic carbocycles. The SMILES string of the molecule is [C-]#[N+]c1cc(-c2nnc(-c3cccc(CC=O)c3CC)s2)ccc1CC(C)C. The average Bonchev–Trinajstić information content (AvgIpc) is 3.18. The minimum Gasteiger partial charge on any atom is -0.303 e. The Labute approximate surface area is 170 Å². The number of aromatic nitrogens is 2. The lowest BCUT2D eigenvalue weighted by Crippen LogP contribution is -1.97. The van der Waals surface area contributed by atoms with Gasteiger partial charge in [0, 0.05) is 17.5 Å². The van der Waals surface area contributed by atoms with Gasteiger partial charge >= 0.3 is 0 Å². The standard InChI is InChI=1S/C23H23N3OS/c1-5-19-16(11-12-27)7-6-8-20(19)23-26-25-22(28-23)18-10-9-17(13-15(2)3)21(14-18)24-4/h6-10,12,14-15H,5,11,13H2,1-3H3. The molecular weight excluding hydrogens is 366 g/mol. The zero-order valence-electron chi connectivity index (χ0n) is 16.4. The second-order valence-electron chi connectivity index (χ2n) is 7.13. The topological polar surface area (TPSA) is 47.2 Å². The predicted octanol–water partition coefficient (Wildman–Crippen LogP) is 5.93. The number of hydrogen-bond acceptors (Lipinski definition) is 4. The first-order valence-electron chi connectivity index (χ1n) is 9.46. The average molecular weight is 390 g/mol. The number of benzene rings is 2. The summed E-state index contributed by atoms with van der Waals surface area (Å²) in [5.74, 6) is 0.505. The normalized spacial score (nSPS) is 10.8. The van der Waals surface area contributed by atoms with Crippen LogP contribution in [0.3, 0.4) is 0 Å². The van der Waals surface area contributed by atoms with Gasteiger partial charge in [-0.15, -0.1) is 10.2 Å². The van der Waals surface area contributed by atoms with E-state index in [9.17, 15) is 4.79 Å². The molecule has 4 nitrogen and oxygen atoms in total. The maximum atomic E-state index is 11.0. The molecule has 142 valence electrons. The van der Waals surface area contributed by atoms with Crippen molar-refractivity contribution in [3.05, 3.63) is 64.5 Å². The molecule has 0 radical (unpaired) electrons. The zero-order valence-corrected chi connectivity index (χ0v) is 17.2. The third kappa shape index (κ3) is 4.18. The maximum absolute atomic E-state index is 11.0. The van der Waals surface area contributed by atoms with Crippen LogP contribution in [0.4, 0.5) is 5.69 Å². The molecule has 0 bridgehead atoms. The van der Waals surface area contributed by atoms with E-state index in [2.05, 4.69) is 35.8 Å². The number of aldehydes is 1. The van der Waals surface area contributed by atoms with Gasteiger partial charge in [0.1, 0.15) is 16.3 Å². The summed E-state index contributed by atoms with van der Waals surface area (Å²) in [4.78, 5) is 14.7. The molecule has 3 rings (SSSR count). The minimum absolute atomic E-state index is 0.411. The highest BCUT2D eigenvalue weighted by atomic mass is 32.1. The number of rotatable bonds is 7. The van der Waals surface area contributed by atoms with Crippen molar-refractivity contribution in [2.75, 3.05) is 0 Å². The quantitative estimate of drug-likeness (QED) is 0.372. The highest BCUT2D eigenvalue weighted by Gasteiger charge is 2.15. The number of hydrogen-bond donors (Lipinski definition) is 0. The molecule has 2 aromatic carbocycles. The lowest BCUT2D eigenvalue weighted by atomic mass is 9.97. The van der Waals surface area contributed by atoms with Crippen molar-refractivity contribution in [2.24, 2.45) is 5.92 Å². The summed E-state index contributed by atoms with van der Waals surface area (Å²) >= 11 is 1.52. The van der Waals surface area contributed by atoms with Crippen molar-refractivity contribution in [1.82, 2.24) is 10.2 Å². The van der Waals surface area contributed by atoms with Crippen LogP contribution in [0.1, 0.15) is 37.5 Å². The fourth-order valence-corrected chi connectivity index (χ4v) is 4.29. The van der Waals surface area contributed by atoms with Gasteiger partial charge in [-0.05, 0) is 41.5 Å². The monoisotopic (exact) mass is 389 g/mol. The van der Waals surface area contributed by atoms with E-state index in [0.717, 1.165) is 57.0 Å². The molecule has 0 atom stereocenters. The molecule has 0 amide bonds. The van der Waals surface area contributed by atoms with Gasteiger partial charge in [0.05, 0.1) is 6.57 Å². The molecule has 5 heteroatoms. The summed E-state index contributed by atoms with van der Waals surface area (Å²) in [6, 6.07) is 12.0. The summed E-state index contributed by atoms with van der Waals surface area (Å²) in [6.07, 6.45) is 3.07. The first-order valence-corrected chi connectivity index (χ1v) is 10.3. The highest BCUT2D eigenvalue weighted by Crippen LogP contribution is 2.35. The summed E-state index contributed by atoms with van der Waals surface area (Å²) in [5, 5.41) is 10.4. The first-order chi connectivity index (χ1) is 13.6. The highest BCUT2D eigenvalue weighted by molar-refractivity contribution is 7.17. The van der Waals surface area contributed by atoms with Gasteiger partial charge in [-0.2, -0.15) is 0 Å². The molecule has 1 aromatic heterocycles. The van der Waals surface area contributed by atoms with Crippen molar-refractivity contribution in [3.8, 4) is 21.1 Å². The van der Waals surface area contributed by atoms with E-state index in [-0.39, 0.29) is 0 Å². The Bertz CT molecular complexity index is 1030. The Morgan fingerprint density at radius 2 is 1.93 bits per heavy atom. The van der Waals surface area contributed by atoms with Crippen molar-refractivity contribution >= 4 is 23.3 Å². The molecule has 0 aliphatic rings. The van der Waals surface area contributed by atoms with Crippen LogP contribution < -0.4 is 0 Å². The van der Waals surface area contributed by atoms with Crippen molar-refractivity contribution in [2.45, 2.75) is 40.0 Å². The lowest BCUT2D eigenvalue weighted by molar-refractivity contribution is -0.107. The van der Waals surface area contributed by atoms with Crippen LogP contribution in [0.5, 0.6) is 0 Å². The molecule has 0 aliphatic heterocycles. The van der Waals surface area contributed by atoms with Gasteiger partial charge in [-0.3, -0.25) is 0 Å². The van der Waals surface area contributed by atoms with E-state index in [1.807, 2.05) is 36.4 Å².